The van der Waals surface area contributed by atoms with E-state index in [2.05, 4.69) is 25.5 Å². The first-order valence-electron chi connectivity index (χ1n) is 12.0. The molecule has 1 saturated heterocycles. The van der Waals surface area contributed by atoms with Crippen LogP contribution in [0.3, 0.4) is 0 Å². The van der Waals surface area contributed by atoms with Crippen molar-refractivity contribution in [1.29, 1.82) is 0 Å². The van der Waals surface area contributed by atoms with Gasteiger partial charge in [-0.25, -0.2) is 13.4 Å². The van der Waals surface area contributed by atoms with Crippen LogP contribution in [0.25, 0.3) is 0 Å². The molecule has 3 aromatic rings. The molecule has 0 unspecified atom stereocenters. The Balaban J connectivity index is 1.41. The number of sulfone groups is 1. The van der Waals surface area contributed by atoms with Crippen LogP contribution in [-0.2, 0) is 9.84 Å². The van der Waals surface area contributed by atoms with Crippen LogP contribution in [0.5, 0.6) is 5.75 Å². The highest BCUT2D eigenvalue weighted by Crippen LogP contribution is 2.26. The van der Waals surface area contributed by atoms with Gasteiger partial charge in [0.15, 0.2) is 9.84 Å². The third-order valence-corrected chi connectivity index (χ3v) is 7.99. The quantitative estimate of drug-likeness (QED) is 0.412. The van der Waals surface area contributed by atoms with E-state index in [-0.39, 0.29) is 5.75 Å². The van der Waals surface area contributed by atoms with Crippen LogP contribution in [0.4, 0.5) is 23.1 Å². The van der Waals surface area contributed by atoms with Crippen molar-refractivity contribution in [2.75, 3.05) is 42.6 Å². The Morgan fingerprint density at radius 3 is 2.40 bits per heavy atom. The molecule has 0 bridgehead atoms. The molecule has 2 N–H and O–H groups in total. The molecule has 0 spiro atoms. The highest BCUT2D eigenvalue weighted by atomic mass is 32.2. The average Bonchev–Trinajstić information content (AvgIpc) is 3.37. The van der Waals surface area contributed by atoms with E-state index in [1.165, 1.54) is 25.9 Å². The van der Waals surface area contributed by atoms with Gasteiger partial charge in [-0.1, -0.05) is 13.0 Å². The minimum absolute atomic E-state index is 0.0557. The number of nitrogens with zero attached hydrogens (tertiary/aromatic N) is 3. The standard InChI is InChI=1S/C26H33N5O3S/c1-4-35(32,33)24-17-22(8-7-19(24)2)28-25-20(3)18-27-26(30-25)29-21-9-11-23(12-10-21)34-16-15-31-13-5-6-14-31/h7-12,17-18H,4-6,13-16H2,1-3H3,(H2,27,28,29,30). The molecule has 8 nitrogen and oxygen atoms in total. The van der Waals surface area contributed by atoms with Crippen molar-refractivity contribution in [2.45, 2.75) is 38.5 Å². The molecule has 0 atom stereocenters. The smallest absolute Gasteiger partial charge is 0.229 e. The highest BCUT2D eigenvalue weighted by molar-refractivity contribution is 7.91. The molecule has 1 aliphatic rings. The fourth-order valence-corrected chi connectivity index (χ4v) is 5.17. The Hall–Kier alpha value is -3.17. The summed E-state index contributed by atoms with van der Waals surface area (Å²) in [5.41, 5.74) is 3.07. The lowest BCUT2D eigenvalue weighted by molar-refractivity contribution is 0.238. The number of hydrogen-bond acceptors (Lipinski definition) is 8. The van der Waals surface area contributed by atoms with E-state index in [4.69, 9.17) is 4.74 Å². The van der Waals surface area contributed by atoms with Crippen LogP contribution in [0.15, 0.2) is 53.6 Å². The van der Waals surface area contributed by atoms with Gasteiger partial charge < -0.3 is 15.4 Å². The summed E-state index contributed by atoms with van der Waals surface area (Å²) in [5.74, 6) is 1.93. The molecule has 186 valence electrons. The van der Waals surface area contributed by atoms with Gasteiger partial charge in [-0.05, 0) is 81.7 Å². The van der Waals surface area contributed by atoms with Gasteiger partial charge in [0.2, 0.25) is 5.95 Å². The van der Waals surface area contributed by atoms with Gasteiger partial charge >= 0.3 is 0 Å². The van der Waals surface area contributed by atoms with Crippen LogP contribution in [0.2, 0.25) is 0 Å². The molecule has 2 aromatic carbocycles. The van der Waals surface area contributed by atoms with E-state index in [9.17, 15) is 8.42 Å². The Bertz CT molecular complexity index is 1260. The van der Waals surface area contributed by atoms with E-state index >= 15 is 0 Å². The number of likely N-dealkylation sites (tertiary alicyclic amines) is 1. The van der Waals surface area contributed by atoms with Crippen molar-refractivity contribution in [2.24, 2.45) is 0 Å². The average molecular weight is 496 g/mol. The second-order valence-corrected chi connectivity index (χ2v) is 11.0. The molecule has 35 heavy (non-hydrogen) atoms. The first-order valence-corrected chi connectivity index (χ1v) is 13.7. The van der Waals surface area contributed by atoms with E-state index in [0.29, 0.717) is 29.0 Å². The number of hydrogen-bond donors (Lipinski definition) is 2. The number of ether oxygens (including phenoxy) is 1. The zero-order valence-electron chi connectivity index (χ0n) is 20.5. The number of aromatic nitrogens is 2. The number of aryl methyl sites for hydroxylation is 2. The molecule has 1 aliphatic heterocycles. The molecule has 1 aromatic heterocycles. The molecule has 2 heterocycles. The predicted molar refractivity (Wildman–Crippen MR) is 140 cm³/mol. The van der Waals surface area contributed by atoms with Gasteiger partial charge in [-0.2, -0.15) is 4.98 Å². The number of anilines is 4. The third-order valence-electron chi connectivity index (χ3n) is 6.12. The van der Waals surface area contributed by atoms with Gasteiger partial charge in [-0.3, -0.25) is 4.90 Å². The topological polar surface area (TPSA) is 96.5 Å². The summed E-state index contributed by atoms with van der Waals surface area (Å²) in [5, 5.41) is 6.46. The third kappa shape index (κ3) is 6.49. The first-order chi connectivity index (χ1) is 16.8. The Morgan fingerprint density at radius 2 is 1.69 bits per heavy atom. The van der Waals surface area contributed by atoms with E-state index in [1.807, 2.05) is 37.3 Å². The lowest BCUT2D eigenvalue weighted by Crippen LogP contribution is -2.25. The molecule has 1 fully saturated rings. The summed E-state index contributed by atoms with van der Waals surface area (Å²) in [6.45, 7) is 9.33. The SMILES string of the molecule is CCS(=O)(=O)c1cc(Nc2nc(Nc3ccc(OCCN4CCCC4)cc3)ncc2C)ccc1C. The van der Waals surface area contributed by atoms with E-state index < -0.39 is 9.84 Å². The summed E-state index contributed by atoms with van der Waals surface area (Å²) in [6, 6.07) is 13.0. The molecule has 0 amide bonds. The minimum Gasteiger partial charge on any atom is -0.492 e. The van der Waals surface area contributed by atoms with E-state index in [0.717, 1.165) is 29.1 Å². The molecule has 0 radical (unpaired) electrons. The highest BCUT2D eigenvalue weighted by Gasteiger charge is 2.16. The second-order valence-electron chi connectivity index (χ2n) is 8.78. The summed E-state index contributed by atoms with van der Waals surface area (Å²) in [4.78, 5) is 11.7. The lowest BCUT2D eigenvalue weighted by Gasteiger charge is -2.15. The molecular formula is C26H33N5O3S. The number of benzene rings is 2. The molecule has 9 heteroatoms. The Morgan fingerprint density at radius 1 is 0.971 bits per heavy atom. The molecule has 0 aliphatic carbocycles. The molecule has 4 rings (SSSR count). The van der Waals surface area contributed by atoms with Crippen molar-refractivity contribution >= 4 is 33.0 Å². The van der Waals surface area contributed by atoms with Crippen molar-refractivity contribution in [3.8, 4) is 5.75 Å². The summed E-state index contributed by atoms with van der Waals surface area (Å²) >= 11 is 0. The fraction of sp³-hybridized carbons (Fsp3) is 0.385. The summed E-state index contributed by atoms with van der Waals surface area (Å²) < 4.78 is 30.7. The normalized spacial score (nSPS) is 14.1. The lowest BCUT2D eigenvalue weighted by atomic mass is 10.2. The monoisotopic (exact) mass is 495 g/mol. The molecule has 0 saturated carbocycles. The van der Waals surface area contributed by atoms with Crippen LogP contribution in [0, 0.1) is 13.8 Å². The second kappa shape index (κ2) is 11.0. The predicted octanol–water partition coefficient (Wildman–Crippen LogP) is 4.85. The van der Waals surface area contributed by atoms with Gasteiger partial charge in [0.05, 0.1) is 10.6 Å². The van der Waals surface area contributed by atoms with Crippen LogP contribution >= 0.6 is 0 Å². The number of nitrogens with one attached hydrogen (secondary N) is 2. The fourth-order valence-electron chi connectivity index (χ4n) is 4.00. The van der Waals surface area contributed by atoms with Gasteiger partial charge in [0.1, 0.15) is 18.2 Å². The van der Waals surface area contributed by atoms with Gasteiger partial charge in [0.25, 0.3) is 0 Å². The first kappa shape index (κ1) is 24.9. The minimum atomic E-state index is -3.31. The van der Waals surface area contributed by atoms with E-state index in [1.54, 1.807) is 32.2 Å². The maximum absolute atomic E-state index is 12.4. The Labute approximate surface area is 207 Å². The van der Waals surface area contributed by atoms with Crippen LogP contribution in [0.1, 0.15) is 30.9 Å². The van der Waals surface area contributed by atoms with Gasteiger partial charge in [-0.15, -0.1) is 0 Å². The largest absolute Gasteiger partial charge is 0.492 e. The maximum atomic E-state index is 12.4. The summed E-state index contributed by atoms with van der Waals surface area (Å²) in [7, 11) is -3.31. The van der Waals surface area contributed by atoms with Crippen molar-refractivity contribution in [1.82, 2.24) is 14.9 Å². The van der Waals surface area contributed by atoms with Crippen LogP contribution in [-0.4, -0.2) is 55.3 Å². The van der Waals surface area contributed by atoms with Gasteiger partial charge in [0, 0.05) is 29.7 Å². The maximum Gasteiger partial charge on any atom is 0.229 e. The number of rotatable bonds is 10. The Kier molecular flexibility index (Phi) is 7.87. The van der Waals surface area contributed by atoms with Crippen LogP contribution < -0.4 is 15.4 Å². The molecular weight excluding hydrogens is 462 g/mol. The zero-order chi connectivity index (χ0) is 24.8. The zero-order valence-corrected chi connectivity index (χ0v) is 21.4. The van der Waals surface area contributed by atoms with Crippen molar-refractivity contribution < 1.29 is 13.2 Å². The van der Waals surface area contributed by atoms with Crippen molar-refractivity contribution in [3.05, 3.63) is 59.8 Å². The van der Waals surface area contributed by atoms with Crippen molar-refractivity contribution in [3.63, 3.8) is 0 Å². The summed E-state index contributed by atoms with van der Waals surface area (Å²) in [6.07, 6.45) is 4.29.